The lowest BCUT2D eigenvalue weighted by Crippen LogP contribution is -2.51. The molecule has 4 heteroatoms. The fourth-order valence-corrected chi connectivity index (χ4v) is 2.54. The molecule has 0 bridgehead atoms. The van der Waals surface area contributed by atoms with E-state index < -0.39 is 0 Å². The Morgan fingerprint density at radius 1 is 1.42 bits per heavy atom. The van der Waals surface area contributed by atoms with Gasteiger partial charge in [-0.3, -0.25) is 0 Å². The summed E-state index contributed by atoms with van der Waals surface area (Å²) in [5.41, 5.74) is 2.46. The van der Waals surface area contributed by atoms with Crippen LogP contribution < -0.4 is 10.2 Å². The second kappa shape index (κ2) is 4.76. The summed E-state index contributed by atoms with van der Waals surface area (Å²) in [6, 6.07) is 6.13. The number of hydrogen-bond donors (Lipinski definition) is 1. The van der Waals surface area contributed by atoms with Crippen molar-refractivity contribution in [2.75, 3.05) is 23.9 Å². The largest absolute Gasteiger partial charge is 0.465 e. The minimum atomic E-state index is -0.300. The number of nitrogens with one attached hydrogen (secondary N) is 1. The number of nitrogens with zero attached hydrogens (tertiary/aromatic N) is 1. The summed E-state index contributed by atoms with van der Waals surface area (Å²) < 4.78 is 4.87. The van der Waals surface area contributed by atoms with Gasteiger partial charge >= 0.3 is 5.97 Å². The number of fused-ring (bicyclic) bond motifs is 1. The molecule has 0 spiro atoms. The van der Waals surface area contributed by atoms with Crippen LogP contribution in [-0.2, 0) is 4.74 Å². The first-order valence-corrected chi connectivity index (χ1v) is 6.62. The number of carbonyl (C=O) groups is 1. The zero-order valence-corrected chi connectivity index (χ0v) is 12.3. The molecule has 0 unspecified atom stereocenters. The van der Waals surface area contributed by atoms with Gasteiger partial charge in [0.1, 0.15) is 0 Å². The van der Waals surface area contributed by atoms with Gasteiger partial charge in [0.2, 0.25) is 0 Å². The van der Waals surface area contributed by atoms with Crippen molar-refractivity contribution in [3.8, 4) is 0 Å². The Balaban J connectivity index is 2.56. The van der Waals surface area contributed by atoms with E-state index >= 15 is 0 Å². The number of esters is 1. The van der Waals surface area contributed by atoms with Crippen molar-refractivity contribution in [1.82, 2.24) is 0 Å². The number of carbonyl (C=O) groups excluding carboxylic acids is 1. The van der Waals surface area contributed by atoms with Crippen LogP contribution in [0.4, 0.5) is 11.4 Å². The molecule has 0 aliphatic carbocycles. The number of para-hydroxylation sites is 1. The van der Waals surface area contributed by atoms with Crippen molar-refractivity contribution in [2.24, 2.45) is 0 Å². The third kappa shape index (κ3) is 2.53. The highest BCUT2D eigenvalue weighted by Gasteiger charge is 2.33. The summed E-state index contributed by atoms with van der Waals surface area (Å²) in [5.74, 6) is -0.300. The van der Waals surface area contributed by atoms with Gasteiger partial charge in [-0.25, -0.2) is 4.79 Å². The van der Waals surface area contributed by atoms with E-state index in [-0.39, 0.29) is 11.5 Å². The van der Waals surface area contributed by atoms with Gasteiger partial charge in [-0.2, -0.15) is 0 Å². The third-order valence-electron chi connectivity index (χ3n) is 3.41. The molecular weight excluding hydrogens is 240 g/mol. The highest BCUT2D eigenvalue weighted by Crippen LogP contribution is 2.38. The Hall–Kier alpha value is -1.71. The number of anilines is 2. The number of rotatable bonds is 2. The molecule has 0 atom stereocenters. The molecule has 0 aromatic heterocycles. The van der Waals surface area contributed by atoms with Crippen LogP contribution in [0.1, 0.15) is 38.1 Å². The molecule has 0 amide bonds. The molecule has 1 aliphatic heterocycles. The molecule has 104 valence electrons. The summed E-state index contributed by atoms with van der Waals surface area (Å²) in [6.07, 6.45) is 0. The Morgan fingerprint density at radius 2 is 2.11 bits per heavy atom. The molecule has 1 aromatic rings. The van der Waals surface area contributed by atoms with Gasteiger partial charge in [-0.05, 0) is 39.8 Å². The van der Waals surface area contributed by atoms with Crippen molar-refractivity contribution >= 4 is 17.3 Å². The van der Waals surface area contributed by atoms with E-state index in [4.69, 9.17) is 4.74 Å². The highest BCUT2D eigenvalue weighted by atomic mass is 16.5. The quantitative estimate of drug-likeness (QED) is 0.832. The van der Waals surface area contributed by atoms with Crippen LogP contribution in [0.3, 0.4) is 0 Å². The molecule has 1 aliphatic rings. The van der Waals surface area contributed by atoms with E-state index in [0.29, 0.717) is 11.6 Å². The molecule has 0 saturated carbocycles. The Labute approximate surface area is 114 Å². The fourth-order valence-electron chi connectivity index (χ4n) is 2.54. The second-order valence-electron chi connectivity index (χ2n) is 5.92. The Morgan fingerprint density at radius 3 is 2.68 bits per heavy atom. The zero-order chi connectivity index (χ0) is 14.2. The number of methoxy groups -OCH3 is 1. The minimum Gasteiger partial charge on any atom is -0.465 e. The average molecular weight is 262 g/mol. The number of hydrogen-bond acceptors (Lipinski definition) is 4. The van der Waals surface area contributed by atoms with E-state index in [1.54, 1.807) is 6.07 Å². The zero-order valence-electron chi connectivity index (χ0n) is 12.3. The Bertz CT molecular complexity index is 495. The average Bonchev–Trinajstić information content (AvgIpc) is 2.35. The van der Waals surface area contributed by atoms with E-state index in [0.717, 1.165) is 17.9 Å². The fraction of sp³-hybridized carbons (Fsp3) is 0.533. The normalized spacial score (nSPS) is 16.8. The number of ether oxygens (including phenoxy) is 1. The van der Waals surface area contributed by atoms with Gasteiger partial charge in [-0.15, -0.1) is 0 Å². The SMILES string of the molecule is COC(=O)c1cccc2c1NC(C)(C)CN2C(C)C. The van der Waals surface area contributed by atoms with Gasteiger partial charge in [0.25, 0.3) is 0 Å². The smallest absolute Gasteiger partial charge is 0.340 e. The molecule has 1 aromatic carbocycles. The molecule has 0 saturated heterocycles. The molecule has 4 nitrogen and oxygen atoms in total. The standard InChI is InChI=1S/C15H22N2O2/c1-10(2)17-9-15(3,4)16-13-11(14(18)19-5)7-6-8-12(13)17/h6-8,10,16H,9H2,1-5H3. The maximum absolute atomic E-state index is 11.9. The van der Waals surface area contributed by atoms with Crippen molar-refractivity contribution < 1.29 is 9.53 Å². The predicted octanol–water partition coefficient (Wildman–Crippen LogP) is 2.89. The monoisotopic (exact) mass is 262 g/mol. The molecule has 1 N–H and O–H groups in total. The minimum absolute atomic E-state index is 0.0819. The first-order valence-electron chi connectivity index (χ1n) is 6.62. The van der Waals surface area contributed by atoms with Crippen LogP contribution in [0.2, 0.25) is 0 Å². The lowest BCUT2D eigenvalue weighted by Gasteiger charge is -2.44. The first kappa shape index (κ1) is 13.7. The molecule has 2 rings (SSSR count). The van der Waals surface area contributed by atoms with E-state index in [1.165, 1.54) is 7.11 Å². The molecular formula is C15H22N2O2. The molecule has 1 heterocycles. The summed E-state index contributed by atoms with van der Waals surface area (Å²) >= 11 is 0. The predicted molar refractivity (Wildman–Crippen MR) is 78.0 cm³/mol. The molecule has 19 heavy (non-hydrogen) atoms. The van der Waals surface area contributed by atoms with Crippen molar-refractivity contribution in [3.63, 3.8) is 0 Å². The molecule has 0 fully saturated rings. The van der Waals surface area contributed by atoms with Crippen LogP contribution in [0.5, 0.6) is 0 Å². The van der Waals surface area contributed by atoms with E-state index in [2.05, 4.69) is 37.9 Å². The van der Waals surface area contributed by atoms with Crippen molar-refractivity contribution in [1.29, 1.82) is 0 Å². The first-order chi connectivity index (χ1) is 8.85. The van der Waals surface area contributed by atoms with Gasteiger partial charge in [-0.1, -0.05) is 6.07 Å². The summed E-state index contributed by atoms with van der Waals surface area (Å²) in [5, 5.41) is 3.46. The van der Waals surface area contributed by atoms with Crippen molar-refractivity contribution in [3.05, 3.63) is 23.8 Å². The lowest BCUT2D eigenvalue weighted by molar-refractivity contribution is 0.0601. The summed E-state index contributed by atoms with van der Waals surface area (Å²) in [4.78, 5) is 14.2. The third-order valence-corrected chi connectivity index (χ3v) is 3.41. The van der Waals surface area contributed by atoms with Crippen LogP contribution >= 0.6 is 0 Å². The van der Waals surface area contributed by atoms with E-state index in [1.807, 2.05) is 12.1 Å². The van der Waals surface area contributed by atoms with Crippen LogP contribution in [0.15, 0.2) is 18.2 Å². The van der Waals surface area contributed by atoms with Gasteiger partial charge in [0.05, 0.1) is 24.0 Å². The van der Waals surface area contributed by atoms with Gasteiger partial charge < -0.3 is 15.0 Å². The van der Waals surface area contributed by atoms with Gasteiger partial charge in [0, 0.05) is 18.1 Å². The maximum Gasteiger partial charge on any atom is 0.340 e. The number of benzene rings is 1. The van der Waals surface area contributed by atoms with E-state index in [9.17, 15) is 4.79 Å². The van der Waals surface area contributed by atoms with Crippen LogP contribution in [0, 0.1) is 0 Å². The molecule has 0 radical (unpaired) electrons. The maximum atomic E-state index is 11.9. The van der Waals surface area contributed by atoms with Crippen LogP contribution in [0.25, 0.3) is 0 Å². The Kier molecular flexibility index (Phi) is 3.43. The summed E-state index contributed by atoms with van der Waals surface area (Å²) in [7, 11) is 1.41. The van der Waals surface area contributed by atoms with Gasteiger partial charge in [0.15, 0.2) is 0 Å². The summed E-state index contributed by atoms with van der Waals surface area (Å²) in [6.45, 7) is 9.51. The topological polar surface area (TPSA) is 41.6 Å². The van der Waals surface area contributed by atoms with Crippen LogP contribution in [-0.4, -0.2) is 31.2 Å². The van der Waals surface area contributed by atoms with Crippen molar-refractivity contribution in [2.45, 2.75) is 39.3 Å². The highest BCUT2D eigenvalue weighted by molar-refractivity contribution is 6.00. The second-order valence-corrected chi connectivity index (χ2v) is 5.92. The lowest BCUT2D eigenvalue weighted by atomic mass is 9.96.